The molecule has 0 atom stereocenters. The van der Waals surface area contributed by atoms with Gasteiger partial charge in [-0.15, -0.1) is 0 Å². The summed E-state index contributed by atoms with van der Waals surface area (Å²) >= 11 is 0. The van der Waals surface area contributed by atoms with E-state index in [0.29, 0.717) is 0 Å². The molecule has 2 aromatic rings. The Kier molecular flexibility index (Phi) is 3.25. The second-order valence-corrected chi connectivity index (χ2v) is 3.75. The topological polar surface area (TPSA) is 50.2 Å². The lowest BCUT2D eigenvalue weighted by Crippen LogP contribution is -2.13. The summed E-state index contributed by atoms with van der Waals surface area (Å²) < 4.78 is 38.8. The number of alkyl halides is 3. The van der Waals surface area contributed by atoms with Gasteiger partial charge in [0.2, 0.25) is 0 Å². The SMILES string of the molecule is O=C(O)c1ccnc(C(F)(F)F)c1-c1ccccc1. The fraction of sp³-hybridized carbons (Fsp3) is 0.0769. The zero-order chi connectivity index (χ0) is 14.0. The Hall–Kier alpha value is -2.37. The van der Waals surface area contributed by atoms with Gasteiger partial charge in [-0.25, -0.2) is 4.79 Å². The summed E-state index contributed by atoms with van der Waals surface area (Å²) in [5.41, 5.74) is -1.87. The van der Waals surface area contributed by atoms with Gasteiger partial charge in [-0.1, -0.05) is 30.3 Å². The average molecular weight is 267 g/mol. The Labute approximate surface area is 106 Å². The van der Waals surface area contributed by atoms with Gasteiger partial charge in [0.15, 0.2) is 5.69 Å². The Morgan fingerprint density at radius 2 is 1.74 bits per heavy atom. The first-order chi connectivity index (χ1) is 8.91. The molecule has 0 aliphatic carbocycles. The summed E-state index contributed by atoms with van der Waals surface area (Å²) in [6.07, 6.45) is -3.87. The lowest BCUT2D eigenvalue weighted by molar-refractivity contribution is -0.140. The molecule has 0 saturated heterocycles. The molecule has 0 fully saturated rings. The Bertz CT molecular complexity index is 609. The van der Waals surface area contributed by atoms with Crippen molar-refractivity contribution in [2.45, 2.75) is 6.18 Å². The third-order valence-electron chi connectivity index (χ3n) is 2.51. The van der Waals surface area contributed by atoms with Crippen LogP contribution in [0.15, 0.2) is 42.6 Å². The highest BCUT2D eigenvalue weighted by Gasteiger charge is 2.37. The predicted octanol–water partition coefficient (Wildman–Crippen LogP) is 3.47. The molecule has 0 amide bonds. The predicted molar refractivity (Wildman–Crippen MR) is 61.6 cm³/mol. The number of carbonyl (C=O) groups is 1. The first kappa shape index (κ1) is 13.1. The van der Waals surface area contributed by atoms with E-state index in [1.54, 1.807) is 6.07 Å². The van der Waals surface area contributed by atoms with Crippen molar-refractivity contribution in [2.75, 3.05) is 0 Å². The maximum atomic E-state index is 12.9. The van der Waals surface area contributed by atoms with Crippen LogP contribution in [0.1, 0.15) is 16.1 Å². The van der Waals surface area contributed by atoms with Gasteiger partial charge in [-0.2, -0.15) is 13.2 Å². The van der Waals surface area contributed by atoms with E-state index < -0.39 is 29.0 Å². The number of halogens is 3. The fourth-order valence-electron chi connectivity index (χ4n) is 1.75. The third kappa shape index (κ3) is 2.57. The number of aromatic nitrogens is 1. The number of aromatic carboxylic acids is 1. The van der Waals surface area contributed by atoms with E-state index in [1.807, 2.05) is 0 Å². The van der Waals surface area contributed by atoms with Crippen LogP contribution in [-0.2, 0) is 6.18 Å². The van der Waals surface area contributed by atoms with Crippen molar-refractivity contribution in [1.82, 2.24) is 4.98 Å². The largest absolute Gasteiger partial charge is 0.478 e. The van der Waals surface area contributed by atoms with Crippen LogP contribution < -0.4 is 0 Å². The summed E-state index contributed by atoms with van der Waals surface area (Å²) in [5, 5.41) is 9.02. The molecule has 0 radical (unpaired) electrons. The number of benzene rings is 1. The molecule has 0 unspecified atom stereocenters. The lowest BCUT2D eigenvalue weighted by atomic mass is 9.98. The molecule has 19 heavy (non-hydrogen) atoms. The maximum Gasteiger partial charge on any atom is 0.433 e. The quantitative estimate of drug-likeness (QED) is 0.906. The molecule has 0 aliphatic heterocycles. The minimum atomic E-state index is -4.71. The third-order valence-corrected chi connectivity index (χ3v) is 2.51. The highest BCUT2D eigenvalue weighted by molar-refractivity contribution is 5.96. The van der Waals surface area contributed by atoms with E-state index in [4.69, 9.17) is 5.11 Å². The minimum Gasteiger partial charge on any atom is -0.478 e. The molecule has 1 aromatic carbocycles. The average Bonchev–Trinajstić information content (AvgIpc) is 2.37. The second-order valence-electron chi connectivity index (χ2n) is 3.75. The van der Waals surface area contributed by atoms with Gasteiger partial charge >= 0.3 is 12.1 Å². The maximum absolute atomic E-state index is 12.9. The van der Waals surface area contributed by atoms with Gasteiger partial charge in [-0.3, -0.25) is 4.98 Å². The van der Waals surface area contributed by atoms with Crippen molar-refractivity contribution in [2.24, 2.45) is 0 Å². The zero-order valence-corrected chi connectivity index (χ0v) is 9.48. The Morgan fingerprint density at radius 1 is 1.11 bits per heavy atom. The van der Waals surface area contributed by atoms with Crippen molar-refractivity contribution in [3.8, 4) is 11.1 Å². The monoisotopic (exact) mass is 267 g/mol. The summed E-state index contributed by atoms with van der Waals surface area (Å²) in [4.78, 5) is 14.4. The zero-order valence-electron chi connectivity index (χ0n) is 9.48. The number of nitrogens with zero attached hydrogens (tertiary/aromatic N) is 1. The van der Waals surface area contributed by atoms with E-state index in [-0.39, 0.29) is 5.56 Å². The molecule has 6 heteroatoms. The highest BCUT2D eigenvalue weighted by Crippen LogP contribution is 2.37. The smallest absolute Gasteiger partial charge is 0.433 e. The van der Waals surface area contributed by atoms with Gasteiger partial charge in [0.05, 0.1) is 5.56 Å². The van der Waals surface area contributed by atoms with Crippen LogP contribution in [0.4, 0.5) is 13.2 Å². The number of hydrogen-bond acceptors (Lipinski definition) is 2. The normalized spacial score (nSPS) is 11.3. The summed E-state index contributed by atoms with van der Waals surface area (Å²) in [5.74, 6) is -1.42. The van der Waals surface area contributed by atoms with E-state index in [9.17, 15) is 18.0 Å². The number of rotatable bonds is 2. The van der Waals surface area contributed by atoms with Crippen molar-refractivity contribution in [1.29, 1.82) is 0 Å². The van der Waals surface area contributed by atoms with Gasteiger partial charge in [0.25, 0.3) is 0 Å². The summed E-state index contributed by atoms with van der Waals surface area (Å²) in [7, 11) is 0. The van der Waals surface area contributed by atoms with Gasteiger partial charge in [0.1, 0.15) is 0 Å². The van der Waals surface area contributed by atoms with Crippen molar-refractivity contribution >= 4 is 5.97 Å². The molecule has 1 heterocycles. The van der Waals surface area contributed by atoms with Crippen LogP contribution in [0, 0.1) is 0 Å². The molecule has 0 bridgehead atoms. The van der Waals surface area contributed by atoms with Crippen LogP contribution in [0.25, 0.3) is 11.1 Å². The summed E-state index contributed by atoms with van der Waals surface area (Å²) in [6.45, 7) is 0. The van der Waals surface area contributed by atoms with Crippen LogP contribution >= 0.6 is 0 Å². The van der Waals surface area contributed by atoms with Gasteiger partial charge in [-0.05, 0) is 11.6 Å². The van der Waals surface area contributed by atoms with Crippen molar-refractivity contribution in [3.63, 3.8) is 0 Å². The number of carboxylic acid groups (broad SMARTS) is 1. The molecular formula is C13H8F3NO2. The van der Waals surface area contributed by atoms with Crippen LogP contribution in [0.3, 0.4) is 0 Å². The van der Waals surface area contributed by atoms with Crippen LogP contribution in [0.2, 0.25) is 0 Å². The summed E-state index contributed by atoms with van der Waals surface area (Å²) in [6, 6.07) is 8.59. The molecule has 0 saturated carbocycles. The molecule has 0 aliphatic rings. The fourth-order valence-corrected chi connectivity index (χ4v) is 1.75. The lowest BCUT2D eigenvalue weighted by Gasteiger charge is -2.14. The highest BCUT2D eigenvalue weighted by atomic mass is 19.4. The molecule has 1 aromatic heterocycles. The van der Waals surface area contributed by atoms with E-state index >= 15 is 0 Å². The Morgan fingerprint density at radius 3 is 2.26 bits per heavy atom. The molecule has 0 spiro atoms. The molecule has 98 valence electrons. The van der Waals surface area contributed by atoms with Crippen LogP contribution in [-0.4, -0.2) is 16.1 Å². The van der Waals surface area contributed by atoms with E-state index in [0.717, 1.165) is 12.3 Å². The van der Waals surface area contributed by atoms with Crippen molar-refractivity contribution < 1.29 is 23.1 Å². The van der Waals surface area contributed by atoms with Gasteiger partial charge in [0, 0.05) is 11.8 Å². The first-order valence-corrected chi connectivity index (χ1v) is 5.26. The molecule has 3 nitrogen and oxygen atoms in total. The van der Waals surface area contributed by atoms with Crippen molar-refractivity contribution in [3.05, 3.63) is 53.9 Å². The molecule has 2 rings (SSSR count). The molecular weight excluding hydrogens is 259 g/mol. The van der Waals surface area contributed by atoms with E-state index in [2.05, 4.69) is 4.98 Å². The molecule has 1 N–H and O–H groups in total. The first-order valence-electron chi connectivity index (χ1n) is 5.26. The minimum absolute atomic E-state index is 0.167. The number of pyridine rings is 1. The van der Waals surface area contributed by atoms with Gasteiger partial charge < -0.3 is 5.11 Å². The van der Waals surface area contributed by atoms with Crippen LogP contribution in [0.5, 0.6) is 0 Å². The Balaban J connectivity index is 2.78. The second kappa shape index (κ2) is 4.72. The number of hydrogen-bond donors (Lipinski definition) is 1. The van der Waals surface area contributed by atoms with E-state index in [1.165, 1.54) is 24.3 Å². The number of carboxylic acids is 1. The standard InChI is InChI=1S/C13H8F3NO2/c14-13(15,16)11-10(8-4-2-1-3-5-8)9(12(18)19)6-7-17-11/h1-7H,(H,18,19).